The van der Waals surface area contributed by atoms with Gasteiger partial charge in [0.25, 0.3) is 5.71 Å². The van der Waals surface area contributed by atoms with Gasteiger partial charge in [0.05, 0.1) is 0 Å². The molecule has 1 heterocycles. The molecule has 0 atom stereocenters. The smallest absolute Gasteiger partial charge is 0.191 e. The lowest BCUT2D eigenvalue weighted by atomic mass is 10.1. The minimum absolute atomic E-state index is 0.1000. The SMILES string of the molecule is O=S(=O)([N+](=C(C[S+]1CCCC1)c1ccccc1)S(=O)(=O)C(F)(F)C(F)(F)C(F)(F)C(F)(F)F)C(F)(F)C(F)(F)C(F)(F)C(F)(F)F. The van der Waals surface area contributed by atoms with Crippen LogP contribution in [0.1, 0.15) is 18.4 Å². The number of nitrogens with zero attached hydrogens (tertiary/aromatic N) is 1. The van der Waals surface area contributed by atoms with Crippen LogP contribution in [0.3, 0.4) is 0 Å². The van der Waals surface area contributed by atoms with E-state index in [2.05, 4.69) is 0 Å². The van der Waals surface area contributed by atoms with E-state index in [0.29, 0.717) is 24.3 Å². The molecule has 26 heteroatoms. The molecular weight excluding hydrogens is 756 g/mol. The van der Waals surface area contributed by atoms with E-state index in [4.69, 9.17) is 0 Å². The van der Waals surface area contributed by atoms with E-state index in [1.165, 1.54) is 0 Å². The fourth-order valence-corrected chi connectivity index (χ4v) is 10.00. The summed E-state index contributed by atoms with van der Waals surface area (Å²) in [6.45, 7) is 0. The van der Waals surface area contributed by atoms with Gasteiger partial charge in [-0.1, -0.05) is 18.2 Å². The second-order valence-electron chi connectivity index (χ2n) is 9.22. The standard InChI is InChI=1S/C20H15F18NO4S3/c21-13(22,17(29,30)31)15(25,26)19(35,36)45(40,41)39(12(10-44-8-4-5-9-44)11-6-2-1-3-7-11)46(42,43)20(37,38)16(27,28)14(23,24)18(32,33)34/h1-3,6-7H,4-5,8-10H2/q+2. The molecule has 0 N–H and O–H groups in total. The van der Waals surface area contributed by atoms with E-state index in [1.54, 1.807) is 0 Å². The molecule has 1 aliphatic heterocycles. The Morgan fingerprint density at radius 3 is 1.20 bits per heavy atom. The van der Waals surface area contributed by atoms with Gasteiger partial charge in [0.15, 0.2) is 5.75 Å². The molecule has 0 unspecified atom stereocenters. The Balaban J connectivity index is 3.24. The normalized spacial score (nSPS) is 17.3. The van der Waals surface area contributed by atoms with Crippen LogP contribution in [0, 0.1) is 0 Å². The van der Waals surface area contributed by atoms with E-state index in [1.807, 2.05) is 0 Å². The summed E-state index contributed by atoms with van der Waals surface area (Å²) in [6, 6.07) is 2.95. The number of rotatable bonds is 11. The Morgan fingerprint density at radius 2 is 0.891 bits per heavy atom. The Morgan fingerprint density at radius 1 is 0.565 bits per heavy atom. The molecule has 0 aliphatic carbocycles. The number of benzene rings is 1. The Kier molecular flexibility index (Phi) is 10.3. The van der Waals surface area contributed by atoms with Crippen LogP contribution < -0.4 is 0 Å². The first-order valence-electron chi connectivity index (χ1n) is 11.4. The van der Waals surface area contributed by atoms with Crippen molar-refractivity contribution in [2.24, 2.45) is 0 Å². The largest absolute Gasteiger partial charge is 0.475 e. The van der Waals surface area contributed by atoms with E-state index < -0.39 is 97.9 Å². The summed E-state index contributed by atoms with van der Waals surface area (Å²) < 4.78 is 295. The van der Waals surface area contributed by atoms with Crippen molar-refractivity contribution in [3.05, 3.63) is 35.9 Å². The molecule has 2 rings (SSSR count). The minimum Gasteiger partial charge on any atom is -0.191 e. The molecule has 0 bridgehead atoms. The third-order valence-corrected chi connectivity index (χ3v) is 12.8. The summed E-state index contributed by atoms with van der Waals surface area (Å²) >= 11 is 0. The Hall–Kier alpha value is -2.12. The van der Waals surface area contributed by atoms with Crippen molar-refractivity contribution in [3.8, 4) is 0 Å². The topological polar surface area (TPSA) is 71.3 Å². The number of sulfonamides is 2. The summed E-state index contributed by atoms with van der Waals surface area (Å²) in [6.07, 6.45) is -15.4. The Bertz CT molecular complexity index is 1450. The van der Waals surface area contributed by atoms with Crippen molar-refractivity contribution in [2.45, 2.75) is 59.4 Å². The zero-order chi connectivity index (χ0) is 36.4. The molecule has 1 aromatic rings. The molecule has 5 nitrogen and oxygen atoms in total. The van der Waals surface area contributed by atoms with Gasteiger partial charge >= 0.3 is 66.6 Å². The van der Waals surface area contributed by atoms with Crippen molar-refractivity contribution in [2.75, 3.05) is 17.3 Å². The van der Waals surface area contributed by atoms with Gasteiger partial charge in [-0.2, -0.15) is 95.9 Å². The van der Waals surface area contributed by atoms with Gasteiger partial charge < -0.3 is 0 Å². The number of hydrogen-bond acceptors (Lipinski definition) is 4. The minimum atomic E-state index is -8.96. The third kappa shape index (κ3) is 5.90. The van der Waals surface area contributed by atoms with Crippen LogP contribution in [-0.4, -0.2) is 89.7 Å². The molecule has 1 saturated heterocycles. The lowest BCUT2D eigenvalue weighted by Crippen LogP contribution is -2.68. The molecular formula is C20H15F18NO4S3+2. The predicted octanol–water partition coefficient (Wildman–Crippen LogP) is 6.41. The maximum absolute atomic E-state index is 14.9. The highest BCUT2D eigenvalue weighted by Crippen LogP contribution is 2.58. The fourth-order valence-electron chi connectivity index (χ4n) is 3.60. The van der Waals surface area contributed by atoms with Crippen LogP contribution in [0.4, 0.5) is 79.0 Å². The second-order valence-corrected chi connectivity index (χ2v) is 15.4. The summed E-state index contributed by atoms with van der Waals surface area (Å²) in [5.41, 5.74) is -3.61. The van der Waals surface area contributed by atoms with Crippen molar-refractivity contribution in [1.82, 2.24) is 0 Å². The van der Waals surface area contributed by atoms with Gasteiger partial charge in [-0.25, -0.2) is 0 Å². The van der Waals surface area contributed by atoms with E-state index in [-0.39, 0.29) is 24.3 Å². The summed E-state index contributed by atoms with van der Waals surface area (Å²) in [7, 11) is -19.6. The number of hydrogen-bond donors (Lipinski definition) is 0. The maximum atomic E-state index is 14.9. The first kappa shape index (κ1) is 40.1. The highest BCUT2D eigenvalue weighted by Gasteiger charge is 2.92. The maximum Gasteiger partial charge on any atom is 0.475 e. The monoisotopic (exact) mass is 771 g/mol. The van der Waals surface area contributed by atoms with Crippen LogP contribution >= 0.6 is 0 Å². The van der Waals surface area contributed by atoms with Gasteiger partial charge in [0.2, 0.25) is 0 Å². The lowest BCUT2D eigenvalue weighted by molar-refractivity contribution is -0.390. The van der Waals surface area contributed by atoms with E-state index >= 15 is 0 Å². The molecule has 1 fully saturated rings. The van der Waals surface area contributed by atoms with Crippen LogP contribution in [0.15, 0.2) is 30.3 Å². The van der Waals surface area contributed by atoms with Crippen LogP contribution in [0.2, 0.25) is 0 Å². The summed E-state index contributed by atoms with van der Waals surface area (Å²) in [4.78, 5) is 0. The Labute approximate surface area is 248 Å². The number of halogens is 18. The van der Waals surface area contributed by atoms with Gasteiger partial charge in [-0.3, -0.25) is 0 Å². The zero-order valence-electron chi connectivity index (χ0n) is 21.5. The molecule has 1 aromatic carbocycles. The quantitative estimate of drug-likeness (QED) is 0.113. The number of alkyl halides is 18. The van der Waals surface area contributed by atoms with Crippen molar-refractivity contribution >= 4 is 36.7 Å². The van der Waals surface area contributed by atoms with Gasteiger partial charge in [-0.15, -0.1) is 0 Å². The summed E-state index contributed by atoms with van der Waals surface area (Å²) in [5, 5.41) is -16.5. The molecule has 0 aromatic heterocycles. The second kappa shape index (κ2) is 11.8. The molecule has 0 radical (unpaired) electrons. The molecule has 0 spiro atoms. The molecule has 0 amide bonds. The fraction of sp³-hybridized carbons (Fsp3) is 0.650. The predicted molar refractivity (Wildman–Crippen MR) is 122 cm³/mol. The van der Waals surface area contributed by atoms with E-state index in [9.17, 15) is 95.9 Å². The highest BCUT2D eigenvalue weighted by molar-refractivity contribution is 7.99. The van der Waals surface area contributed by atoms with Crippen molar-refractivity contribution < 1.29 is 99.2 Å². The molecule has 46 heavy (non-hydrogen) atoms. The zero-order valence-corrected chi connectivity index (χ0v) is 24.0. The highest BCUT2D eigenvalue weighted by atomic mass is 32.3. The van der Waals surface area contributed by atoms with Crippen molar-refractivity contribution in [1.29, 1.82) is 0 Å². The molecule has 1 aliphatic rings. The van der Waals surface area contributed by atoms with E-state index in [0.717, 1.165) is 6.07 Å². The van der Waals surface area contributed by atoms with Crippen LogP contribution in [0.5, 0.6) is 0 Å². The molecule has 0 saturated carbocycles. The average Bonchev–Trinajstić information content (AvgIpc) is 3.39. The first-order chi connectivity index (χ1) is 20.2. The third-order valence-electron chi connectivity index (χ3n) is 6.10. The van der Waals surface area contributed by atoms with Crippen molar-refractivity contribution in [3.63, 3.8) is 0 Å². The lowest BCUT2D eigenvalue weighted by Gasteiger charge is -2.33. The average molecular weight is 772 g/mol. The van der Waals surface area contributed by atoms with Gasteiger partial charge in [0.1, 0.15) is 11.5 Å². The van der Waals surface area contributed by atoms with Gasteiger partial charge in [0, 0.05) is 8.95 Å². The van der Waals surface area contributed by atoms with Gasteiger partial charge in [-0.05, 0) is 35.9 Å². The summed E-state index contributed by atoms with van der Waals surface area (Å²) in [5.74, 6) is -35.1. The first-order valence-corrected chi connectivity index (χ1v) is 16.1. The van der Waals surface area contributed by atoms with Crippen LogP contribution in [-0.2, 0) is 30.9 Å². The molecule has 266 valence electrons. The van der Waals surface area contributed by atoms with Crippen LogP contribution in [0.25, 0.3) is 0 Å².